The van der Waals surface area contributed by atoms with E-state index in [1.54, 1.807) is 12.1 Å². The number of piperazine rings is 1. The average Bonchev–Trinajstić information content (AvgIpc) is 3.35. The van der Waals surface area contributed by atoms with Gasteiger partial charge in [-0.1, -0.05) is 25.1 Å². The SMILES string of the molecule is CCOc1ccccc1N1C(=O)C(c2cccs2)=C(N2CCN(CC)CC2)C1=O. The molecule has 0 N–H and O–H groups in total. The zero-order chi connectivity index (χ0) is 20.4. The first kappa shape index (κ1) is 19.7. The van der Waals surface area contributed by atoms with Gasteiger partial charge in [-0.3, -0.25) is 9.59 Å². The highest BCUT2D eigenvalue weighted by molar-refractivity contribution is 7.11. The van der Waals surface area contributed by atoms with E-state index in [4.69, 9.17) is 4.74 Å². The van der Waals surface area contributed by atoms with Crippen molar-refractivity contribution in [1.29, 1.82) is 0 Å². The second kappa shape index (κ2) is 8.39. The van der Waals surface area contributed by atoms with Crippen molar-refractivity contribution in [2.75, 3.05) is 44.2 Å². The fraction of sp³-hybridized carbons (Fsp3) is 0.364. The van der Waals surface area contributed by atoms with Crippen molar-refractivity contribution in [3.05, 3.63) is 52.4 Å². The maximum absolute atomic E-state index is 13.6. The number of ether oxygens (including phenoxy) is 1. The highest BCUT2D eigenvalue weighted by Gasteiger charge is 2.44. The Hall–Kier alpha value is -2.64. The van der Waals surface area contributed by atoms with Gasteiger partial charge in [0, 0.05) is 31.1 Å². The van der Waals surface area contributed by atoms with E-state index < -0.39 is 0 Å². The molecule has 0 unspecified atom stereocenters. The van der Waals surface area contributed by atoms with Crippen LogP contribution in [0.25, 0.3) is 5.57 Å². The Bertz CT molecular complexity index is 931. The van der Waals surface area contributed by atoms with E-state index in [1.807, 2.05) is 36.6 Å². The zero-order valence-corrected chi connectivity index (χ0v) is 17.6. The summed E-state index contributed by atoms with van der Waals surface area (Å²) < 4.78 is 5.70. The molecule has 2 aromatic rings. The number of para-hydroxylation sites is 2. The molecular formula is C22H25N3O3S. The molecule has 1 aromatic carbocycles. The summed E-state index contributed by atoms with van der Waals surface area (Å²) in [7, 11) is 0. The van der Waals surface area contributed by atoms with Crippen LogP contribution in [0.1, 0.15) is 18.7 Å². The molecule has 2 aliphatic heterocycles. The number of hydrogen-bond donors (Lipinski definition) is 0. The van der Waals surface area contributed by atoms with E-state index in [9.17, 15) is 9.59 Å². The molecule has 29 heavy (non-hydrogen) atoms. The lowest BCUT2D eigenvalue weighted by Crippen LogP contribution is -2.47. The first-order chi connectivity index (χ1) is 14.2. The Morgan fingerprint density at radius 2 is 1.72 bits per heavy atom. The van der Waals surface area contributed by atoms with Crippen LogP contribution in [-0.2, 0) is 9.59 Å². The Balaban J connectivity index is 1.75. The first-order valence-corrected chi connectivity index (χ1v) is 10.9. The van der Waals surface area contributed by atoms with Crippen molar-refractivity contribution in [3.63, 3.8) is 0 Å². The normalized spacial score (nSPS) is 18.1. The van der Waals surface area contributed by atoms with Crippen LogP contribution >= 0.6 is 11.3 Å². The Morgan fingerprint density at radius 1 is 0.966 bits per heavy atom. The highest BCUT2D eigenvalue weighted by atomic mass is 32.1. The monoisotopic (exact) mass is 411 g/mol. The van der Waals surface area contributed by atoms with Gasteiger partial charge in [-0.2, -0.15) is 0 Å². The number of rotatable bonds is 6. The second-order valence-corrected chi connectivity index (χ2v) is 7.92. The highest BCUT2D eigenvalue weighted by Crippen LogP contribution is 2.39. The van der Waals surface area contributed by atoms with E-state index in [0.29, 0.717) is 29.3 Å². The summed E-state index contributed by atoms with van der Waals surface area (Å²) in [6.07, 6.45) is 0. The predicted octanol–water partition coefficient (Wildman–Crippen LogP) is 3.07. The molecule has 7 heteroatoms. The minimum atomic E-state index is -0.280. The van der Waals surface area contributed by atoms with Crippen molar-refractivity contribution in [1.82, 2.24) is 9.80 Å². The summed E-state index contributed by atoms with van der Waals surface area (Å²) in [5.74, 6) is -0.00712. The molecule has 2 amide bonds. The van der Waals surface area contributed by atoms with Crippen LogP contribution in [0.2, 0.25) is 0 Å². The molecule has 4 rings (SSSR count). The molecule has 0 aliphatic carbocycles. The molecule has 1 fully saturated rings. The van der Waals surface area contributed by atoms with Crippen LogP contribution in [0, 0.1) is 0 Å². The van der Waals surface area contributed by atoms with Gasteiger partial charge in [-0.15, -0.1) is 11.3 Å². The smallest absolute Gasteiger partial charge is 0.282 e. The van der Waals surface area contributed by atoms with Crippen LogP contribution in [0.4, 0.5) is 5.69 Å². The second-order valence-electron chi connectivity index (χ2n) is 6.97. The fourth-order valence-electron chi connectivity index (χ4n) is 3.88. The Morgan fingerprint density at radius 3 is 2.38 bits per heavy atom. The topological polar surface area (TPSA) is 53.1 Å². The fourth-order valence-corrected chi connectivity index (χ4v) is 4.64. The van der Waals surface area contributed by atoms with Gasteiger partial charge in [-0.05, 0) is 37.0 Å². The standard InChI is InChI=1S/C22H25N3O3S/c1-3-23-11-13-24(14-12-23)20-19(18-10-7-15-29-18)21(26)25(22(20)27)16-8-5-6-9-17(16)28-4-2/h5-10,15H,3-4,11-14H2,1-2H3. The molecule has 0 radical (unpaired) electrons. The van der Waals surface area contributed by atoms with E-state index in [0.717, 1.165) is 37.6 Å². The molecule has 0 spiro atoms. The van der Waals surface area contributed by atoms with Gasteiger partial charge in [0.1, 0.15) is 11.4 Å². The molecule has 6 nitrogen and oxygen atoms in total. The first-order valence-electron chi connectivity index (χ1n) is 10.0. The molecule has 0 saturated carbocycles. The number of hydrogen-bond acceptors (Lipinski definition) is 6. The number of amides is 2. The average molecular weight is 412 g/mol. The van der Waals surface area contributed by atoms with Crippen LogP contribution in [0.3, 0.4) is 0 Å². The zero-order valence-electron chi connectivity index (χ0n) is 16.8. The summed E-state index contributed by atoms with van der Waals surface area (Å²) in [5.41, 5.74) is 1.52. The molecule has 1 saturated heterocycles. The van der Waals surface area contributed by atoms with Crippen molar-refractivity contribution >= 4 is 34.4 Å². The number of nitrogens with zero attached hydrogens (tertiary/aromatic N) is 3. The van der Waals surface area contributed by atoms with Crippen LogP contribution < -0.4 is 9.64 Å². The maximum Gasteiger partial charge on any atom is 0.282 e. The van der Waals surface area contributed by atoms with Gasteiger partial charge in [0.2, 0.25) is 0 Å². The van der Waals surface area contributed by atoms with Gasteiger partial charge in [-0.25, -0.2) is 4.90 Å². The lowest BCUT2D eigenvalue weighted by atomic mass is 10.1. The Labute approximate surface area is 175 Å². The summed E-state index contributed by atoms with van der Waals surface area (Å²) in [5, 5.41) is 1.93. The van der Waals surface area contributed by atoms with Crippen molar-refractivity contribution in [2.24, 2.45) is 0 Å². The molecule has 0 atom stereocenters. The van der Waals surface area contributed by atoms with Crippen molar-refractivity contribution < 1.29 is 14.3 Å². The van der Waals surface area contributed by atoms with E-state index in [2.05, 4.69) is 16.7 Å². The largest absolute Gasteiger partial charge is 0.492 e. The van der Waals surface area contributed by atoms with Crippen LogP contribution in [0.15, 0.2) is 47.5 Å². The van der Waals surface area contributed by atoms with Gasteiger partial charge in [0.25, 0.3) is 11.8 Å². The Kier molecular flexibility index (Phi) is 5.69. The van der Waals surface area contributed by atoms with Gasteiger partial charge >= 0.3 is 0 Å². The molecule has 2 aliphatic rings. The minimum Gasteiger partial charge on any atom is -0.492 e. The van der Waals surface area contributed by atoms with E-state index in [-0.39, 0.29) is 11.8 Å². The third-order valence-corrected chi connectivity index (χ3v) is 6.26. The summed E-state index contributed by atoms with van der Waals surface area (Å²) >= 11 is 1.48. The quantitative estimate of drug-likeness (QED) is 0.684. The van der Waals surface area contributed by atoms with Crippen molar-refractivity contribution in [3.8, 4) is 5.75 Å². The maximum atomic E-state index is 13.6. The number of benzene rings is 1. The van der Waals surface area contributed by atoms with E-state index >= 15 is 0 Å². The third kappa shape index (κ3) is 3.56. The number of carbonyl (C=O) groups is 2. The summed E-state index contributed by atoms with van der Waals surface area (Å²) in [6, 6.07) is 11.0. The number of thiophene rings is 1. The van der Waals surface area contributed by atoms with E-state index in [1.165, 1.54) is 16.2 Å². The molecule has 152 valence electrons. The van der Waals surface area contributed by atoms with Gasteiger partial charge in [0.05, 0.1) is 17.9 Å². The number of carbonyl (C=O) groups excluding carboxylic acids is 2. The number of likely N-dealkylation sites (N-methyl/N-ethyl adjacent to an activating group) is 1. The number of anilines is 1. The summed E-state index contributed by atoms with van der Waals surface area (Å²) in [6.45, 7) is 8.72. The predicted molar refractivity (Wildman–Crippen MR) is 115 cm³/mol. The van der Waals surface area contributed by atoms with Gasteiger partial charge in [0.15, 0.2) is 0 Å². The lowest BCUT2D eigenvalue weighted by Gasteiger charge is -2.35. The lowest BCUT2D eigenvalue weighted by molar-refractivity contribution is -0.120. The van der Waals surface area contributed by atoms with Crippen LogP contribution in [-0.4, -0.2) is 60.9 Å². The summed E-state index contributed by atoms with van der Waals surface area (Å²) in [4.78, 5) is 33.6. The van der Waals surface area contributed by atoms with Gasteiger partial charge < -0.3 is 14.5 Å². The number of imide groups is 1. The van der Waals surface area contributed by atoms with Crippen molar-refractivity contribution in [2.45, 2.75) is 13.8 Å². The molecule has 1 aromatic heterocycles. The molecular weight excluding hydrogens is 386 g/mol. The molecule has 0 bridgehead atoms. The third-order valence-electron chi connectivity index (χ3n) is 5.37. The molecule has 3 heterocycles. The minimum absolute atomic E-state index is 0.268. The van der Waals surface area contributed by atoms with Crippen LogP contribution in [0.5, 0.6) is 5.75 Å².